The van der Waals surface area contributed by atoms with Gasteiger partial charge in [-0.1, -0.05) is 51.0 Å². The zero-order valence-corrected chi connectivity index (χ0v) is 21.4. The Hall–Kier alpha value is -2.65. The number of hydrogen-bond donors (Lipinski definition) is 2. The van der Waals surface area contributed by atoms with Gasteiger partial charge in [0.1, 0.15) is 16.6 Å². The van der Waals surface area contributed by atoms with Crippen LogP contribution in [0.5, 0.6) is 0 Å². The predicted octanol–water partition coefficient (Wildman–Crippen LogP) is 3.58. The molecule has 2 N–H and O–H groups in total. The summed E-state index contributed by atoms with van der Waals surface area (Å²) in [7, 11) is -7.55. The van der Waals surface area contributed by atoms with Crippen molar-refractivity contribution in [1.29, 1.82) is 0 Å². The Morgan fingerprint density at radius 1 is 1.11 bits per heavy atom. The lowest BCUT2D eigenvalue weighted by Crippen LogP contribution is -2.52. The highest BCUT2D eigenvalue weighted by Gasteiger charge is 2.53. The SMILES string of the molecule is CCCC1(CCC)C(=O)C(C2=NS(=O)(=O)c3cc(P(=O)(O)OC)ccc3N2)C(=O)c2ccccc21. The first-order valence-electron chi connectivity index (χ1n) is 11.4. The van der Waals surface area contributed by atoms with Crippen molar-refractivity contribution in [3.63, 3.8) is 0 Å². The van der Waals surface area contributed by atoms with E-state index in [0.717, 1.165) is 13.2 Å². The van der Waals surface area contributed by atoms with Gasteiger partial charge in [0.25, 0.3) is 10.0 Å². The molecule has 0 radical (unpaired) electrons. The molecule has 0 amide bonds. The zero-order valence-electron chi connectivity index (χ0n) is 19.6. The van der Waals surface area contributed by atoms with Crippen molar-refractivity contribution in [3.05, 3.63) is 53.6 Å². The Labute approximate surface area is 204 Å². The molecule has 0 bridgehead atoms. The molecule has 0 saturated heterocycles. The molecule has 2 unspecified atom stereocenters. The van der Waals surface area contributed by atoms with Gasteiger partial charge in [-0.2, -0.15) is 8.42 Å². The van der Waals surface area contributed by atoms with Gasteiger partial charge >= 0.3 is 7.60 Å². The second-order valence-electron chi connectivity index (χ2n) is 8.75. The molecule has 0 saturated carbocycles. The molecule has 1 heterocycles. The molecule has 0 fully saturated rings. The molecule has 4 rings (SSSR count). The van der Waals surface area contributed by atoms with Crippen LogP contribution in [0.1, 0.15) is 55.5 Å². The van der Waals surface area contributed by atoms with E-state index >= 15 is 0 Å². The first-order chi connectivity index (χ1) is 16.5. The molecule has 186 valence electrons. The van der Waals surface area contributed by atoms with Crippen LogP contribution in [0.15, 0.2) is 51.8 Å². The Kier molecular flexibility index (Phi) is 6.61. The van der Waals surface area contributed by atoms with Crippen LogP contribution in [-0.2, 0) is 29.3 Å². The predicted molar refractivity (Wildman–Crippen MR) is 132 cm³/mol. The molecule has 11 heteroatoms. The average molecular weight is 519 g/mol. The molecule has 1 aliphatic carbocycles. The molecule has 2 aliphatic rings. The van der Waals surface area contributed by atoms with Gasteiger partial charge in [-0.15, -0.1) is 4.40 Å². The number of fused-ring (bicyclic) bond motifs is 2. The number of nitrogens with zero attached hydrogens (tertiary/aromatic N) is 1. The van der Waals surface area contributed by atoms with Gasteiger partial charge in [0, 0.05) is 12.7 Å². The summed E-state index contributed by atoms with van der Waals surface area (Å²) in [6.45, 7) is 3.93. The Morgan fingerprint density at radius 3 is 2.40 bits per heavy atom. The minimum atomic E-state index is -4.38. The molecule has 1 aliphatic heterocycles. The second kappa shape index (κ2) is 9.09. The number of carbonyl (C=O) groups is 2. The Balaban J connectivity index is 1.86. The maximum Gasteiger partial charge on any atom is 0.358 e. The number of amidine groups is 1. The smallest absolute Gasteiger partial charge is 0.341 e. The maximum atomic E-state index is 14.0. The van der Waals surface area contributed by atoms with E-state index in [0.29, 0.717) is 36.8 Å². The van der Waals surface area contributed by atoms with Crippen LogP contribution < -0.4 is 10.6 Å². The number of benzene rings is 2. The standard InChI is InChI=1S/C24H27N2O7PS/c1-4-12-24(13-5-2)17-9-7-6-8-16(17)21(27)20(22(24)28)23-25-18-11-10-15(34(29,30)33-3)14-19(18)35(31,32)26-23/h6-11,14,20H,4-5,12-13H2,1-3H3,(H,25,26)(H,29,30). The van der Waals surface area contributed by atoms with Crippen molar-refractivity contribution in [2.45, 2.75) is 49.8 Å². The van der Waals surface area contributed by atoms with E-state index < -0.39 is 34.7 Å². The zero-order chi connectivity index (χ0) is 25.6. The number of Topliss-reactive ketones (excluding diaryl/α,β-unsaturated/α-hetero) is 2. The number of ketones is 2. The first-order valence-corrected chi connectivity index (χ1v) is 14.4. The lowest BCUT2D eigenvalue weighted by Gasteiger charge is -2.41. The molecule has 2 aromatic carbocycles. The van der Waals surface area contributed by atoms with E-state index in [1.807, 2.05) is 13.8 Å². The minimum Gasteiger partial charge on any atom is -0.341 e. The summed E-state index contributed by atoms with van der Waals surface area (Å²) in [5.41, 5.74) is 0.199. The number of nitrogens with one attached hydrogen (secondary N) is 1. The van der Waals surface area contributed by atoms with Gasteiger partial charge in [-0.3, -0.25) is 14.2 Å². The summed E-state index contributed by atoms with van der Waals surface area (Å²) in [5, 5.41) is 2.63. The Bertz CT molecular complexity index is 1390. The van der Waals surface area contributed by atoms with Crippen LogP contribution in [0.4, 0.5) is 5.69 Å². The lowest BCUT2D eigenvalue weighted by molar-refractivity contribution is -0.126. The molecule has 0 aromatic heterocycles. The van der Waals surface area contributed by atoms with Crippen molar-refractivity contribution in [2.75, 3.05) is 12.4 Å². The third kappa shape index (κ3) is 4.08. The summed E-state index contributed by atoms with van der Waals surface area (Å²) in [5.74, 6) is -2.54. The summed E-state index contributed by atoms with van der Waals surface area (Å²) < 4.78 is 46.8. The quantitative estimate of drug-likeness (QED) is 0.419. The molecule has 35 heavy (non-hydrogen) atoms. The highest BCUT2D eigenvalue weighted by Crippen LogP contribution is 2.46. The fraction of sp³-hybridized carbons (Fsp3) is 0.375. The van der Waals surface area contributed by atoms with E-state index in [1.165, 1.54) is 12.1 Å². The van der Waals surface area contributed by atoms with Crippen LogP contribution >= 0.6 is 7.60 Å². The van der Waals surface area contributed by atoms with Crippen LogP contribution in [0, 0.1) is 5.92 Å². The maximum absolute atomic E-state index is 14.0. The molecule has 0 spiro atoms. The molecular weight excluding hydrogens is 491 g/mol. The van der Waals surface area contributed by atoms with Crippen LogP contribution in [0.2, 0.25) is 0 Å². The van der Waals surface area contributed by atoms with Crippen molar-refractivity contribution in [3.8, 4) is 0 Å². The van der Waals surface area contributed by atoms with E-state index in [2.05, 4.69) is 14.2 Å². The summed E-state index contributed by atoms with van der Waals surface area (Å²) in [6.07, 6.45) is 2.43. The molecular formula is C24H27N2O7PS. The minimum absolute atomic E-state index is 0.0610. The van der Waals surface area contributed by atoms with Gasteiger partial charge < -0.3 is 14.7 Å². The van der Waals surface area contributed by atoms with Crippen LogP contribution in [-0.4, -0.2) is 37.8 Å². The van der Waals surface area contributed by atoms with Crippen LogP contribution in [0.3, 0.4) is 0 Å². The fourth-order valence-corrected chi connectivity index (χ4v) is 7.15. The van der Waals surface area contributed by atoms with E-state index in [4.69, 9.17) is 0 Å². The summed E-state index contributed by atoms with van der Waals surface area (Å²) in [6, 6.07) is 10.6. The molecule has 2 aromatic rings. The topological polar surface area (TPSA) is 139 Å². The Morgan fingerprint density at radius 2 is 1.77 bits per heavy atom. The second-order valence-corrected chi connectivity index (χ2v) is 12.2. The monoisotopic (exact) mass is 518 g/mol. The number of anilines is 1. The average Bonchev–Trinajstić information content (AvgIpc) is 2.82. The van der Waals surface area contributed by atoms with Gasteiger partial charge in [-0.25, -0.2) is 0 Å². The van der Waals surface area contributed by atoms with Gasteiger partial charge in [0.15, 0.2) is 11.6 Å². The van der Waals surface area contributed by atoms with Gasteiger partial charge in [0.2, 0.25) is 0 Å². The van der Waals surface area contributed by atoms with Crippen LogP contribution in [0.25, 0.3) is 0 Å². The molecule has 9 nitrogen and oxygen atoms in total. The highest BCUT2D eigenvalue weighted by molar-refractivity contribution is 7.90. The van der Waals surface area contributed by atoms with Crippen molar-refractivity contribution in [2.24, 2.45) is 10.3 Å². The third-order valence-corrected chi connectivity index (χ3v) is 9.39. The number of rotatable bonds is 7. The lowest BCUT2D eigenvalue weighted by atomic mass is 9.60. The van der Waals surface area contributed by atoms with Crippen molar-refractivity contribution < 1.29 is 32.0 Å². The third-order valence-electron chi connectivity index (χ3n) is 6.63. The number of carbonyl (C=O) groups excluding carboxylic acids is 2. The van der Waals surface area contributed by atoms with Crippen molar-refractivity contribution >= 4 is 46.0 Å². The van der Waals surface area contributed by atoms with Gasteiger partial charge in [0.05, 0.1) is 16.4 Å². The molecule has 2 atom stereocenters. The largest absolute Gasteiger partial charge is 0.358 e. The van der Waals surface area contributed by atoms with Crippen molar-refractivity contribution in [1.82, 2.24) is 0 Å². The first kappa shape index (κ1) is 25.4. The van der Waals surface area contributed by atoms with E-state index in [9.17, 15) is 27.5 Å². The summed E-state index contributed by atoms with van der Waals surface area (Å²) >= 11 is 0. The summed E-state index contributed by atoms with van der Waals surface area (Å²) in [4.78, 5) is 37.2. The number of hydrogen-bond acceptors (Lipinski definition) is 7. The van der Waals surface area contributed by atoms with E-state index in [1.54, 1.807) is 24.3 Å². The highest BCUT2D eigenvalue weighted by atomic mass is 32.2. The van der Waals surface area contributed by atoms with E-state index in [-0.39, 0.29) is 27.5 Å². The normalized spacial score (nSPS) is 21.8. The fourth-order valence-electron chi connectivity index (χ4n) is 5.11. The van der Waals surface area contributed by atoms with Gasteiger partial charge in [-0.05, 0) is 36.6 Å². The number of sulfonamides is 1.